The van der Waals surface area contributed by atoms with Gasteiger partial charge in [0, 0.05) is 13.0 Å². The molecule has 0 saturated carbocycles. The Hall–Kier alpha value is -4.51. The van der Waals surface area contributed by atoms with Crippen molar-refractivity contribution < 1.29 is 58.8 Å². The molecular weight excluding hydrogens is 710 g/mol. The van der Waals surface area contributed by atoms with E-state index in [9.17, 15) is 48.6 Å². The first-order chi connectivity index (χ1) is 24.4. The van der Waals surface area contributed by atoms with Crippen LogP contribution in [0.4, 0.5) is 0 Å². The maximum Gasteiger partial charge on any atom is 0.325 e. The third-order valence-corrected chi connectivity index (χ3v) is 7.59. The highest BCUT2D eigenvalue weighted by Gasteiger charge is 2.31. The van der Waals surface area contributed by atoms with Gasteiger partial charge in [0.15, 0.2) is 0 Å². The zero-order valence-electron chi connectivity index (χ0n) is 29.3. The third-order valence-electron chi connectivity index (χ3n) is 7.24. The Bertz CT molecular complexity index is 1240. The fourth-order valence-corrected chi connectivity index (χ4v) is 4.39. The third kappa shape index (κ3) is 21.0. The van der Waals surface area contributed by atoms with Gasteiger partial charge in [0.1, 0.15) is 24.2 Å². The monoisotopic (exact) mass is 763 g/mol. The minimum Gasteiger partial charge on any atom is -0.481 e. The van der Waals surface area contributed by atoms with Crippen LogP contribution in [0.2, 0.25) is 0 Å². The van der Waals surface area contributed by atoms with E-state index in [2.05, 4.69) is 37.2 Å². The smallest absolute Gasteiger partial charge is 0.325 e. The number of aliphatic hydroxyl groups is 2. The number of carboxylic acid groups (broad SMARTS) is 2. The molecular formula is C30H53N9O12S. The van der Waals surface area contributed by atoms with Crippen molar-refractivity contribution in [1.29, 1.82) is 0 Å². The summed E-state index contributed by atoms with van der Waals surface area (Å²) in [6.07, 6.45) is 0.981. The van der Waals surface area contributed by atoms with Crippen LogP contribution in [0.3, 0.4) is 0 Å². The van der Waals surface area contributed by atoms with Crippen LogP contribution in [-0.2, 0) is 38.4 Å². The van der Waals surface area contributed by atoms with Gasteiger partial charge in [0.25, 0.3) is 0 Å². The zero-order chi connectivity index (χ0) is 39.8. The van der Waals surface area contributed by atoms with Crippen molar-refractivity contribution >= 4 is 64.6 Å². The fraction of sp³-hybridized carbons (Fsp3) is 0.700. The predicted octanol–water partition coefficient (Wildman–Crippen LogP) is -4.96. The Morgan fingerprint density at radius 1 is 0.692 bits per heavy atom. The lowest BCUT2D eigenvalue weighted by Crippen LogP contribution is -2.59. The molecule has 0 fully saturated rings. The molecule has 6 atom stereocenters. The molecule has 21 nitrogen and oxygen atoms in total. The van der Waals surface area contributed by atoms with E-state index in [1.54, 1.807) is 0 Å². The van der Waals surface area contributed by atoms with Gasteiger partial charge in [-0.1, -0.05) is 12.2 Å². The molecule has 0 aliphatic rings. The molecule has 0 saturated heterocycles. The second kappa shape index (κ2) is 26.3. The molecule has 0 aromatic carbocycles. The van der Waals surface area contributed by atoms with Crippen molar-refractivity contribution in [2.24, 2.45) is 11.5 Å². The van der Waals surface area contributed by atoms with Crippen LogP contribution in [0.5, 0.6) is 0 Å². The topological polar surface area (TPSA) is 354 Å². The summed E-state index contributed by atoms with van der Waals surface area (Å²) in [7, 11) is 0. The lowest BCUT2D eigenvalue weighted by atomic mass is 10.1. The Labute approximate surface area is 306 Å². The van der Waals surface area contributed by atoms with E-state index in [1.807, 2.05) is 0 Å². The van der Waals surface area contributed by atoms with Crippen LogP contribution in [0, 0.1) is 0 Å². The van der Waals surface area contributed by atoms with Crippen LogP contribution in [0.15, 0.2) is 0 Å². The number of carbonyl (C=O) groups is 8. The average molecular weight is 764 g/mol. The molecule has 0 aliphatic carbocycles. The van der Waals surface area contributed by atoms with Crippen molar-refractivity contribution in [2.45, 2.75) is 102 Å². The number of carbonyl (C=O) groups excluding carboxylic acids is 6. The summed E-state index contributed by atoms with van der Waals surface area (Å²) in [4.78, 5) is 97.3. The van der Waals surface area contributed by atoms with E-state index in [4.69, 9.17) is 33.9 Å². The lowest BCUT2D eigenvalue weighted by molar-refractivity contribution is -0.141. The molecule has 0 heterocycles. The van der Waals surface area contributed by atoms with Crippen molar-refractivity contribution in [1.82, 2.24) is 37.2 Å². The number of amides is 6. The first-order valence-electron chi connectivity index (χ1n) is 16.6. The fourth-order valence-electron chi connectivity index (χ4n) is 4.19. The van der Waals surface area contributed by atoms with Gasteiger partial charge in [0.05, 0.1) is 43.3 Å². The van der Waals surface area contributed by atoms with Crippen molar-refractivity contribution in [2.75, 3.05) is 32.8 Å². The molecule has 0 aromatic rings. The number of hydrogen-bond donors (Lipinski definition) is 13. The van der Waals surface area contributed by atoms with Crippen LogP contribution in [0.25, 0.3) is 0 Å². The molecule has 0 aromatic heterocycles. The maximum absolute atomic E-state index is 12.8. The van der Waals surface area contributed by atoms with Crippen molar-refractivity contribution in [3.05, 3.63) is 0 Å². The SMILES string of the molecule is C[C@H](NC(=O)[C@H](CCCCN)NC(=O)CNC(=O)CNC(=O)[C@@H](NC(=O)[C@H](CO)NC(=O)[C@@H](N)CCCCNC(=S)CCC(=O)O)[C@@H](C)O)C(=O)O. The molecule has 52 heavy (non-hydrogen) atoms. The lowest BCUT2D eigenvalue weighted by Gasteiger charge is -2.24. The quantitative estimate of drug-likeness (QED) is 0.0275. The minimum atomic E-state index is -1.63. The molecule has 0 unspecified atom stereocenters. The van der Waals surface area contributed by atoms with Crippen molar-refractivity contribution in [3.8, 4) is 0 Å². The molecule has 0 bridgehead atoms. The largest absolute Gasteiger partial charge is 0.481 e. The number of nitrogens with two attached hydrogens (primary N) is 2. The highest BCUT2D eigenvalue weighted by molar-refractivity contribution is 7.80. The van der Waals surface area contributed by atoms with Gasteiger partial charge in [0.2, 0.25) is 35.4 Å². The Balaban J connectivity index is 4.89. The number of aliphatic hydroxyl groups excluding tert-OH is 2. The molecule has 0 spiro atoms. The summed E-state index contributed by atoms with van der Waals surface area (Å²) in [6, 6.07) is -6.55. The standard InChI is InChI=1S/C30H53N9O12S/c1-16(30(50)51)36-27(47)19(8-3-5-11-31)37-22(43)14-34-21(42)13-35-29(49)25(17(2)41)39-28(48)20(15-40)38-26(46)18(32)7-4-6-12-33-23(52)9-10-24(44)45/h16-20,25,40-41H,3-15,31-32H2,1-2H3,(H,33,52)(H,34,42)(H,35,49)(H,36,47)(H,37,43)(H,38,46)(H,39,48)(H,44,45)(H,50,51)/t16-,17+,18-,19-,20-,25-/m0/s1. The number of carboxylic acids is 2. The first-order valence-corrected chi connectivity index (χ1v) is 17.0. The van der Waals surface area contributed by atoms with Gasteiger partial charge in [-0.3, -0.25) is 38.4 Å². The molecule has 22 heteroatoms. The average Bonchev–Trinajstić information content (AvgIpc) is 3.08. The summed E-state index contributed by atoms with van der Waals surface area (Å²) >= 11 is 5.03. The molecule has 0 radical (unpaired) electrons. The van der Waals surface area contributed by atoms with E-state index >= 15 is 0 Å². The number of rotatable bonds is 27. The Morgan fingerprint density at radius 3 is 1.88 bits per heavy atom. The minimum absolute atomic E-state index is 0.0970. The van der Waals surface area contributed by atoms with E-state index < -0.39 is 103 Å². The normalized spacial score (nSPS) is 14.2. The Morgan fingerprint density at radius 2 is 1.31 bits per heavy atom. The molecule has 0 aliphatic heterocycles. The molecule has 296 valence electrons. The maximum atomic E-state index is 12.8. The summed E-state index contributed by atoms with van der Waals surface area (Å²) in [5.74, 6) is -7.44. The highest BCUT2D eigenvalue weighted by Crippen LogP contribution is 2.03. The van der Waals surface area contributed by atoms with E-state index in [1.165, 1.54) is 13.8 Å². The van der Waals surface area contributed by atoms with Crippen molar-refractivity contribution in [3.63, 3.8) is 0 Å². The van der Waals surface area contributed by atoms with Gasteiger partial charge in [-0.25, -0.2) is 0 Å². The number of hydrogen-bond acceptors (Lipinski definition) is 13. The molecule has 0 rings (SSSR count). The van der Waals surface area contributed by atoms with Crippen LogP contribution < -0.4 is 48.7 Å². The second-order valence-electron chi connectivity index (χ2n) is 11.8. The summed E-state index contributed by atoms with van der Waals surface area (Å²) in [5.41, 5.74) is 11.4. The predicted molar refractivity (Wildman–Crippen MR) is 188 cm³/mol. The van der Waals surface area contributed by atoms with Gasteiger partial charge in [-0.05, 0) is 58.9 Å². The molecule has 15 N–H and O–H groups in total. The van der Waals surface area contributed by atoms with E-state index in [-0.39, 0.29) is 25.7 Å². The Kier molecular flexibility index (Phi) is 24.0. The molecule has 6 amide bonds. The van der Waals surface area contributed by atoms with E-state index in [0.717, 1.165) is 0 Å². The zero-order valence-corrected chi connectivity index (χ0v) is 30.1. The number of unbranched alkanes of at least 4 members (excludes halogenated alkanes) is 2. The summed E-state index contributed by atoms with van der Waals surface area (Å²) in [5, 5.41) is 54.0. The van der Waals surface area contributed by atoms with Gasteiger partial charge in [-0.2, -0.15) is 0 Å². The number of nitrogens with one attached hydrogen (secondary N) is 7. The van der Waals surface area contributed by atoms with Gasteiger partial charge in [-0.15, -0.1) is 0 Å². The summed E-state index contributed by atoms with van der Waals surface area (Å²) < 4.78 is 0. The van der Waals surface area contributed by atoms with Crippen LogP contribution in [0.1, 0.15) is 65.2 Å². The van der Waals surface area contributed by atoms with Gasteiger partial charge < -0.3 is 69.1 Å². The van der Waals surface area contributed by atoms with E-state index in [0.29, 0.717) is 43.8 Å². The van der Waals surface area contributed by atoms with Crippen LogP contribution >= 0.6 is 12.2 Å². The first kappa shape index (κ1) is 47.5. The summed E-state index contributed by atoms with van der Waals surface area (Å²) in [6.45, 7) is 0.999. The van der Waals surface area contributed by atoms with Crippen LogP contribution in [-0.4, -0.2) is 142 Å². The number of thiocarbonyl (C=S) groups is 1. The van der Waals surface area contributed by atoms with Gasteiger partial charge >= 0.3 is 11.9 Å². The highest BCUT2D eigenvalue weighted by atomic mass is 32.1. The number of aliphatic carboxylic acids is 2. The second-order valence-corrected chi connectivity index (χ2v) is 12.3.